The molecule has 1 aromatic carbocycles. The molecule has 0 aliphatic carbocycles. The number of nitrogens with two attached hydrogens (primary N) is 1. The number of halogens is 3. The van der Waals surface area contributed by atoms with Gasteiger partial charge in [-0.1, -0.05) is 30.3 Å². The molecule has 1 atom stereocenters. The summed E-state index contributed by atoms with van der Waals surface area (Å²) < 4.78 is 40.7. The quantitative estimate of drug-likeness (QED) is 0.812. The van der Waals surface area contributed by atoms with E-state index in [0.717, 1.165) is 17.1 Å². The van der Waals surface area contributed by atoms with Crippen LogP contribution in [0.25, 0.3) is 11.1 Å². The molecule has 4 N–H and O–H groups in total. The molecule has 0 aliphatic rings. The van der Waals surface area contributed by atoms with Crippen LogP contribution in [0.3, 0.4) is 0 Å². The van der Waals surface area contributed by atoms with E-state index in [-0.39, 0.29) is 5.82 Å². The standard InChI is InChI=1S/C12H12F3N3OS/c13-12(14,15)8(19)6-17-11-9(10(16)18-20-11)7-4-2-1-3-5-7/h1-5,8,17,19H,6H2,(H2,16,18). The maximum absolute atomic E-state index is 12.3. The van der Waals surface area contributed by atoms with Gasteiger partial charge in [-0.3, -0.25) is 0 Å². The van der Waals surface area contributed by atoms with E-state index < -0.39 is 18.8 Å². The van der Waals surface area contributed by atoms with Crippen molar-refractivity contribution >= 4 is 22.4 Å². The van der Waals surface area contributed by atoms with Crippen LogP contribution in [0.4, 0.5) is 24.0 Å². The fourth-order valence-electron chi connectivity index (χ4n) is 1.61. The summed E-state index contributed by atoms with van der Waals surface area (Å²) in [5.41, 5.74) is 7.04. The molecular weight excluding hydrogens is 291 g/mol. The molecule has 8 heteroatoms. The van der Waals surface area contributed by atoms with Crippen molar-refractivity contribution in [2.45, 2.75) is 12.3 Å². The number of nitrogens with zero attached hydrogens (tertiary/aromatic N) is 1. The molecule has 0 saturated heterocycles. The molecule has 0 bridgehead atoms. The van der Waals surface area contributed by atoms with Gasteiger partial charge < -0.3 is 16.2 Å². The minimum atomic E-state index is -4.66. The predicted molar refractivity (Wildman–Crippen MR) is 72.5 cm³/mol. The second-order valence-corrected chi connectivity index (χ2v) is 4.85. The number of hydrogen-bond donors (Lipinski definition) is 3. The Bertz CT molecular complexity index is 571. The molecule has 0 saturated carbocycles. The van der Waals surface area contributed by atoms with Crippen molar-refractivity contribution in [2.24, 2.45) is 0 Å². The fraction of sp³-hybridized carbons (Fsp3) is 0.250. The van der Waals surface area contributed by atoms with Gasteiger partial charge in [0.05, 0.1) is 12.1 Å². The first-order chi connectivity index (χ1) is 9.39. The minimum absolute atomic E-state index is 0.241. The Morgan fingerprint density at radius 3 is 2.55 bits per heavy atom. The molecule has 0 aliphatic heterocycles. The molecule has 0 radical (unpaired) electrons. The molecule has 20 heavy (non-hydrogen) atoms. The van der Waals surface area contributed by atoms with Crippen LogP contribution in [0.2, 0.25) is 0 Å². The first kappa shape index (κ1) is 14.6. The van der Waals surface area contributed by atoms with E-state index in [9.17, 15) is 13.2 Å². The zero-order valence-electron chi connectivity index (χ0n) is 10.2. The molecular formula is C12H12F3N3OS. The van der Waals surface area contributed by atoms with E-state index in [4.69, 9.17) is 10.8 Å². The summed E-state index contributed by atoms with van der Waals surface area (Å²) in [6.07, 6.45) is -7.09. The summed E-state index contributed by atoms with van der Waals surface area (Å²) in [7, 11) is 0. The number of alkyl halides is 3. The lowest BCUT2D eigenvalue weighted by Gasteiger charge is -2.15. The van der Waals surface area contributed by atoms with Crippen LogP contribution in [-0.4, -0.2) is 28.3 Å². The van der Waals surface area contributed by atoms with Crippen molar-refractivity contribution in [3.05, 3.63) is 30.3 Å². The third kappa shape index (κ3) is 3.20. The first-order valence-electron chi connectivity index (χ1n) is 5.69. The number of aliphatic hydroxyl groups is 1. The monoisotopic (exact) mass is 303 g/mol. The van der Waals surface area contributed by atoms with E-state index in [2.05, 4.69) is 9.69 Å². The molecule has 0 spiro atoms. The lowest BCUT2D eigenvalue weighted by atomic mass is 10.1. The van der Waals surface area contributed by atoms with Crippen LogP contribution in [-0.2, 0) is 0 Å². The van der Waals surface area contributed by atoms with Crippen LogP contribution in [0.15, 0.2) is 30.3 Å². The summed E-state index contributed by atoms with van der Waals surface area (Å²) >= 11 is 0.959. The van der Waals surface area contributed by atoms with Gasteiger partial charge in [0.25, 0.3) is 0 Å². The summed E-state index contributed by atoms with van der Waals surface area (Å²) in [6.45, 7) is -0.648. The van der Waals surface area contributed by atoms with E-state index in [1.54, 1.807) is 24.3 Å². The molecule has 1 unspecified atom stereocenters. The Morgan fingerprint density at radius 2 is 1.95 bits per heavy atom. The third-order valence-corrected chi connectivity index (χ3v) is 3.43. The van der Waals surface area contributed by atoms with E-state index in [0.29, 0.717) is 10.6 Å². The summed E-state index contributed by atoms with van der Waals surface area (Å²) in [5, 5.41) is 11.9. The fourth-order valence-corrected chi connectivity index (χ4v) is 2.35. The first-order valence-corrected chi connectivity index (χ1v) is 6.46. The normalized spacial score (nSPS) is 13.2. The van der Waals surface area contributed by atoms with Gasteiger partial charge in [-0.2, -0.15) is 17.5 Å². The number of benzene rings is 1. The van der Waals surface area contributed by atoms with Gasteiger partial charge in [0, 0.05) is 0 Å². The van der Waals surface area contributed by atoms with Gasteiger partial charge >= 0.3 is 6.18 Å². The molecule has 0 fully saturated rings. The number of rotatable bonds is 4. The molecule has 1 aromatic heterocycles. The van der Waals surface area contributed by atoms with E-state index in [1.165, 1.54) is 0 Å². The number of anilines is 2. The second-order valence-electron chi connectivity index (χ2n) is 4.08. The van der Waals surface area contributed by atoms with Gasteiger partial charge in [-0.25, -0.2) is 0 Å². The Hall–Kier alpha value is -1.80. The van der Waals surface area contributed by atoms with E-state index >= 15 is 0 Å². The van der Waals surface area contributed by atoms with Crippen molar-refractivity contribution in [1.82, 2.24) is 4.37 Å². The maximum atomic E-state index is 12.3. The van der Waals surface area contributed by atoms with Crippen molar-refractivity contribution in [3.8, 4) is 11.1 Å². The van der Waals surface area contributed by atoms with Crippen molar-refractivity contribution in [2.75, 3.05) is 17.6 Å². The van der Waals surface area contributed by atoms with Crippen molar-refractivity contribution in [3.63, 3.8) is 0 Å². The molecule has 108 valence electrons. The molecule has 0 amide bonds. The topological polar surface area (TPSA) is 71.2 Å². The summed E-state index contributed by atoms with van der Waals surface area (Å²) in [5.74, 6) is 0.241. The highest BCUT2D eigenvalue weighted by molar-refractivity contribution is 7.11. The van der Waals surface area contributed by atoms with Crippen LogP contribution in [0, 0.1) is 0 Å². The molecule has 4 nitrogen and oxygen atoms in total. The van der Waals surface area contributed by atoms with Crippen LogP contribution >= 0.6 is 11.5 Å². The average Bonchev–Trinajstić information content (AvgIpc) is 2.77. The number of aliphatic hydroxyl groups excluding tert-OH is 1. The van der Waals surface area contributed by atoms with Crippen molar-refractivity contribution in [1.29, 1.82) is 0 Å². The highest BCUT2D eigenvalue weighted by Gasteiger charge is 2.38. The predicted octanol–water partition coefficient (Wildman–Crippen LogP) is 2.73. The zero-order valence-corrected chi connectivity index (χ0v) is 11.0. The van der Waals surface area contributed by atoms with E-state index in [1.807, 2.05) is 6.07 Å². The lowest BCUT2D eigenvalue weighted by molar-refractivity contribution is -0.198. The smallest absolute Gasteiger partial charge is 0.382 e. The van der Waals surface area contributed by atoms with Crippen molar-refractivity contribution < 1.29 is 18.3 Å². The van der Waals surface area contributed by atoms with Gasteiger partial charge in [0.15, 0.2) is 6.10 Å². The molecule has 2 aromatic rings. The average molecular weight is 303 g/mol. The molecule has 2 rings (SSSR count). The number of aromatic nitrogens is 1. The zero-order chi connectivity index (χ0) is 14.8. The van der Waals surface area contributed by atoms with Gasteiger partial charge in [-0.05, 0) is 17.1 Å². The second kappa shape index (κ2) is 5.68. The Morgan fingerprint density at radius 1 is 1.30 bits per heavy atom. The Labute approximate surface area is 117 Å². The number of nitrogens with one attached hydrogen (secondary N) is 1. The number of hydrogen-bond acceptors (Lipinski definition) is 5. The SMILES string of the molecule is Nc1nsc(NCC(O)C(F)(F)F)c1-c1ccccc1. The summed E-state index contributed by atoms with van der Waals surface area (Å²) in [4.78, 5) is 0. The highest BCUT2D eigenvalue weighted by atomic mass is 32.1. The van der Waals surface area contributed by atoms with Gasteiger partial charge in [-0.15, -0.1) is 0 Å². The summed E-state index contributed by atoms with van der Waals surface area (Å²) in [6, 6.07) is 8.97. The Balaban J connectivity index is 2.19. The largest absolute Gasteiger partial charge is 0.416 e. The van der Waals surface area contributed by atoms with Crippen LogP contribution < -0.4 is 11.1 Å². The van der Waals surface area contributed by atoms with Crippen LogP contribution in [0.1, 0.15) is 0 Å². The van der Waals surface area contributed by atoms with Gasteiger partial charge in [0.1, 0.15) is 10.8 Å². The third-order valence-electron chi connectivity index (χ3n) is 2.61. The van der Waals surface area contributed by atoms with Crippen LogP contribution in [0.5, 0.6) is 0 Å². The molecule has 1 heterocycles. The highest BCUT2D eigenvalue weighted by Crippen LogP contribution is 2.36. The minimum Gasteiger partial charge on any atom is -0.382 e. The number of nitrogen functional groups attached to an aromatic ring is 1. The lowest BCUT2D eigenvalue weighted by Crippen LogP contribution is -2.34. The Kier molecular flexibility index (Phi) is 4.15. The van der Waals surface area contributed by atoms with Gasteiger partial charge in [0.2, 0.25) is 0 Å². The maximum Gasteiger partial charge on any atom is 0.416 e.